The number of hydrogen-bond donors (Lipinski definition) is 1. The maximum absolute atomic E-state index is 14.0. The van der Waals surface area contributed by atoms with Gasteiger partial charge in [0.1, 0.15) is 5.82 Å². The lowest BCUT2D eigenvalue weighted by molar-refractivity contribution is -0.134. The molecule has 4 nitrogen and oxygen atoms in total. The molecule has 0 aliphatic carbocycles. The van der Waals surface area contributed by atoms with Gasteiger partial charge in [0.15, 0.2) is 0 Å². The van der Waals surface area contributed by atoms with E-state index in [2.05, 4.69) is 4.90 Å². The second kappa shape index (κ2) is 6.38. The van der Waals surface area contributed by atoms with Crippen molar-refractivity contribution in [1.29, 1.82) is 0 Å². The molecule has 0 unspecified atom stereocenters. The van der Waals surface area contributed by atoms with Gasteiger partial charge in [0.25, 0.3) is 0 Å². The van der Waals surface area contributed by atoms with Gasteiger partial charge in [-0.25, -0.2) is 4.39 Å². The summed E-state index contributed by atoms with van der Waals surface area (Å²) in [5.41, 5.74) is 0.200. The van der Waals surface area contributed by atoms with Gasteiger partial charge in [-0.05, 0) is 24.5 Å². The Kier molecular flexibility index (Phi) is 4.63. The molecule has 1 aromatic rings. The van der Waals surface area contributed by atoms with Crippen LogP contribution in [0.25, 0.3) is 0 Å². The Morgan fingerprint density at radius 3 is 2.91 bits per heavy atom. The van der Waals surface area contributed by atoms with Crippen LogP contribution in [0.4, 0.5) is 4.39 Å². The fraction of sp³-hybridized carbons (Fsp3) is 0.588. The monoisotopic (exact) mass is 340 g/mol. The molecule has 2 fully saturated rings. The number of piperidine rings is 1. The molecule has 6 heteroatoms. The molecule has 0 radical (unpaired) electrons. The SMILES string of the molecule is CC(=O)N1CC[C@H]2CN(Cc3c(F)cccc3Cl)C[C@@]2(CO)C1. The molecule has 2 atom stereocenters. The van der Waals surface area contributed by atoms with Gasteiger partial charge in [0, 0.05) is 55.6 Å². The van der Waals surface area contributed by atoms with Gasteiger partial charge in [-0.3, -0.25) is 9.69 Å². The largest absolute Gasteiger partial charge is 0.396 e. The van der Waals surface area contributed by atoms with Crippen LogP contribution < -0.4 is 0 Å². The molecule has 2 saturated heterocycles. The van der Waals surface area contributed by atoms with Crippen molar-refractivity contribution < 1.29 is 14.3 Å². The zero-order chi connectivity index (χ0) is 16.6. The highest BCUT2D eigenvalue weighted by Crippen LogP contribution is 2.42. The van der Waals surface area contributed by atoms with Crippen molar-refractivity contribution in [3.05, 3.63) is 34.6 Å². The number of benzene rings is 1. The molecule has 2 heterocycles. The first-order valence-corrected chi connectivity index (χ1v) is 8.34. The number of carbonyl (C=O) groups is 1. The number of hydrogen-bond acceptors (Lipinski definition) is 3. The van der Waals surface area contributed by atoms with Crippen LogP contribution >= 0.6 is 11.6 Å². The zero-order valence-electron chi connectivity index (χ0n) is 13.3. The van der Waals surface area contributed by atoms with Gasteiger partial charge in [-0.1, -0.05) is 17.7 Å². The fourth-order valence-corrected chi connectivity index (χ4v) is 4.24. The van der Waals surface area contributed by atoms with Crippen molar-refractivity contribution in [2.75, 3.05) is 32.8 Å². The number of fused-ring (bicyclic) bond motifs is 1. The maximum atomic E-state index is 14.0. The lowest BCUT2D eigenvalue weighted by Gasteiger charge is -2.42. The van der Waals surface area contributed by atoms with Crippen LogP contribution in [-0.2, 0) is 11.3 Å². The zero-order valence-corrected chi connectivity index (χ0v) is 14.0. The third-order valence-corrected chi connectivity index (χ3v) is 5.69. The van der Waals surface area contributed by atoms with Crippen LogP contribution in [0, 0.1) is 17.2 Å². The highest BCUT2D eigenvalue weighted by molar-refractivity contribution is 6.31. The predicted molar refractivity (Wildman–Crippen MR) is 86.6 cm³/mol. The van der Waals surface area contributed by atoms with Crippen LogP contribution in [0.5, 0.6) is 0 Å². The van der Waals surface area contributed by atoms with Crippen molar-refractivity contribution >= 4 is 17.5 Å². The second-order valence-corrected chi connectivity index (χ2v) is 7.22. The molecule has 0 spiro atoms. The quantitative estimate of drug-likeness (QED) is 0.917. The first kappa shape index (κ1) is 16.7. The molecule has 0 bridgehead atoms. The maximum Gasteiger partial charge on any atom is 0.219 e. The third kappa shape index (κ3) is 3.10. The summed E-state index contributed by atoms with van der Waals surface area (Å²) in [4.78, 5) is 15.6. The average Bonchev–Trinajstić information content (AvgIpc) is 2.89. The Hall–Kier alpha value is -1.17. The van der Waals surface area contributed by atoms with Crippen LogP contribution in [0.1, 0.15) is 18.9 Å². The second-order valence-electron chi connectivity index (χ2n) is 6.82. The van der Waals surface area contributed by atoms with Gasteiger partial charge in [0.05, 0.1) is 6.61 Å². The number of nitrogens with zero attached hydrogens (tertiary/aromatic N) is 2. The first-order chi connectivity index (χ1) is 10.9. The summed E-state index contributed by atoms with van der Waals surface area (Å²) in [6.07, 6.45) is 0.877. The smallest absolute Gasteiger partial charge is 0.219 e. The van der Waals surface area contributed by atoms with E-state index in [1.54, 1.807) is 19.1 Å². The van der Waals surface area contributed by atoms with E-state index in [-0.39, 0.29) is 23.7 Å². The summed E-state index contributed by atoms with van der Waals surface area (Å²) in [6, 6.07) is 4.72. The molecule has 0 saturated carbocycles. The van der Waals surface area contributed by atoms with Gasteiger partial charge in [-0.2, -0.15) is 0 Å². The molecular formula is C17H22ClFN2O2. The van der Waals surface area contributed by atoms with E-state index >= 15 is 0 Å². The van der Waals surface area contributed by atoms with Crippen molar-refractivity contribution in [2.45, 2.75) is 19.9 Å². The predicted octanol–water partition coefficient (Wildman–Crippen LogP) is 2.14. The molecule has 1 N–H and O–H groups in total. The molecule has 3 rings (SSSR count). The molecule has 0 aromatic heterocycles. The third-order valence-electron chi connectivity index (χ3n) is 5.34. The fourth-order valence-electron chi connectivity index (χ4n) is 4.02. The van der Waals surface area contributed by atoms with Gasteiger partial charge in [-0.15, -0.1) is 0 Å². The minimum Gasteiger partial charge on any atom is -0.396 e. The number of rotatable bonds is 3. The van der Waals surface area contributed by atoms with E-state index < -0.39 is 0 Å². The van der Waals surface area contributed by atoms with E-state index in [4.69, 9.17) is 11.6 Å². The van der Waals surface area contributed by atoms with Gasteiger partial charge < -0.3 is 10.0 Å². The normalized spacial score (nSPS) is 28.0. The Morgan fingerprint density at radius 1 is 1.48 bits per heavy atom. The summed E-state index contributed by atoms with van der Waals surface area (Å²) in [7, 11) is 0. The van der Waals surface area contributed by atoms with Crippen LogP contribution in [0.2, 0.25) is 5.02 Å². The van der Waals surface area contributed by atoms with Crippen molar-refractivity contribution in [2.24, 2.45) is 11.3 Å². The number of carbonyl (C=O) groups excluding carboxylic acids is 1. The average molecular weight is 341 g/mol. The molecule has 23 heavy (non-hydrogen) atoms. The highest BCUT2D eigenvalue weighted by atomic mass is 35.5. The minimum atomic E-state index is -0.304. The van der Waals surface area contributed by atoms with Gasteiger partial charge >= 0.3 is 0 Å². The van der Waals surface area contributed by atoms with E-state index in [1.165, 1.54) is 6.07 Å². The lowest BCUT2D eigenvalue weighted by atomic mass is 9.74. The minimum absolute atomic E-state index is 0.0446. The summed E-state index contributed by atoms with van der Waals surface area (Å²) in [6.45, 7) is 4.81. The highest BCUT2D eigenvalue weighted by Gasteiger charge is 2.49. The van der Waals surface area contributed by atoms with Crippen molar-refractivity contribution in [1.82, 2.24) is 9.80 Å². The molecule has 126 valence electrons. The van der Waals surface area contributed by atoms with E-state index in [0.29, 0.717) is 36.1 Å². The number of aliphatic hydroxyl groups is 1. The molecule has 2 aliphatic heterocycles. The summed E-state index contributed by atoms with van der Waals surface area (Å²) < 4.78 is 14.0. The van der Waals surface area contributed by atoms with Crippen molar-refractivity contribution in [3.63, 3.8) is 0 Å². The Balaban J connectivity index is 1.77. The summed E-state index contributed by atoms with van der Waals surface area (Å²) in [5, 5.41) is 10.4. The van der Waals surface area contributed by atoms with Crippen LogP contribution in [0.3, 0.4) is 0 Å². The van der Waals surface area contributed by atoms with Crippen molar-refractivity contribution in [3.8, 4) is 0 Å². The Labute approximate surface area is 140 Å². The van der Waals surface area contributed by atoms with Gasteiger partial charge in [0.2, 0.25) is 5.91 Å². The Morgan fingerprint density at radius 2 is 2.26 bits per heavy atom. The van der Waals surface area contributed by atoms with E-state index in [1.807, 2.05) is 4.90 Å². The van der Waals surface area contributed by atoms with E-state index in [9.17, 15) is 14.3 Å². The number of likely N-dealkylation sites (tertiary alicyclic amines) is 2. The topological polar surface area (TPSA) is 43.8 Å². The van der Waals surface area contributed by atoms with Crippen LogP contribution in [-0.4, -0.2) is 53.6 Å². The van der Waals surface area contributed by atoms with Crippen LogP contribution in [0.15, 0.2) is 18.2 Å². The standard InChI is InChI=1S/C17H22ClFN2O2/c1-12(23)21-6-5-13-7-20(9-17(13,10-21)11-22)8-14-15(18)3-2-4-16(14)19/h2-4,13,22H,5-11H2,1H3/t13-,17-/m0/s1. The lowest BCUT2D eigenvalue weighted by Crippen LogP contribution is -2.52. The number of aliphatic hydroxyl groups excluding tert-OH is 1. The summed E-state index contributed by atoms with van der Waals surface area (Å²) >= 11 is 6.13. The first-order valence-electron chi connectivity index (χ1n) is 7.97. The number of amides is 1. The molecule has 2 aliphatic rings. The molecule has 1 aromatic carbocycles. The Bertz CT molecular complexity index is 592. The van der Waals surface area contributed by atoms with E-state index in [0.717, 1.165) is 19.5 Å². The molecule has 1 amide bonds. The summed E-state index contributed by atoms with van der Waals surface area (Å²) in [5.74, 6) is 0.0799. The molecular weight excluding hydrogens is 319 g/mol. The number of halogens is 2.